The van der Waals surface area contributed by atoms with Crippen molar-refractivity contribution < 1.29 is 37.6 Å². The number of ether oxygens (including phenoxy) is 2. The number of esters is 2. The summed E-state index contributed by atoms with van der Waals surface area (Å²) in [5.41, 5.74) is 5.34. The summed E-state index contributed by atoms with van der Waals surface area (Å²) in [5, 5.41) is 0. The van der Waals surface area contributed by atoms with Gasteiger partial charge in [-0.05, 0) is 89.9 Å². The van der Waals surface area contributed by atoms with Crippen molar-refractivity contribution in [2.45, 2.75) is 136 Å². The molecular formula is C47H74NO8P. The van der Waals surface area contributed by atoms with E-state index >= 15 is 0 Å². The Balaban J connectivity index is 4.38. The van der Waals surface area contributed by atoms with E-state index in [1.165, 1.54) is 0 Å². The Bertz CT molecular complexity index is 1340. The molecule has 0 aromatic heterocycles. The fourth-order valence-corrected chi connectivity index (χ4v) is 5.59. The van der Waals surface area contributed by atoms with Gasteiger partial charge in [0, 0.05) is 19.4 Å². The van der Waals surface area contributed by atoms with Gasteiger partial charge in [0.15, 0.2) is 6.10 Å². The van der Waals surface area contributed by atoms with Crippen LogP contribution in [-0.2, 0) is 32.7 Å². The molecule has 0 saturated heterocycles. The summed E-state index contributed by atoms with van der Waals surface area (Å²) in [6, 6.07) is 0. The maximum atomic E-state index is 12.5. The van der Waals surface area contributed by atoms with E-state index < -0.39 is 32.5 Å². The normalized spacial score (nSPS) is 14.5. The highest BCUT2D eigenvalue weighted by atomic mass is 31.2. The fraction of sp³-hybridized carbons (Fsp3) is 0.532. The third-order valence-electron chi connectivity index (χ3n) is 7.86. The van der Waals surface area contributed by atoms with Crippen LogP contribution >= 0.6 is 7.82 Å². The Morgan fingerprint density at radius 1 is 0.526 bits per heavy atom. The van der Waals surface area contributed by atoms with Gasteiger partial charge in [-0.25, -0.2) is 4.57 Å². The minimum Gasteiger partial charge on any atom is -0.462 e. The first-order chi connectivity index (χ1) is 27.8. The van der Waals surface area contributed by atoms with Crippen LogP contribution in [0.5, 0.6) is 0 Å². The predicted octanol–water partition coefficient (Wildman–Crippen LogP) is 12.2. The van der Waals surface area contributed by atoms with Crippen LogP contribution in [-0.4, -0.2) is 49.3 Å². The molecule has 0 fully saturated rings. The van der Waals surface area contributed by atoms with E-state index in [0.717, 1.165) is 89.9 Å². The molecule has 0 aliphatic rings. The summed E-state index contributed by atoms with van der Waals surface area (Å²) in [7, 11) is -4.41. The first-order valence-corrected chi connectivity index (χ1v) is 22.5. The predicted molar refractivity (Wildman–Crippen MR) is 237 cm³/mol. The van der Waals surface area contributed by atoms with Crippen LogP contribution in [0, 0.1) is 0 Å². The second-order valence-electron chi connectivity index (χ2n) is 13.1. The van der Waals surface area contributed by atoms with E-state index in [2.05, 4.69) is 123 Å². The largest absolute Gasteiger partial charge is 0.472 e. The zero-order valence-electron chi connectivity index (χ0n) is 35.0. The van der Waals surface area contributed by atoms with Gasteiger partial charge in [0.1, 0.15) is 6.61 Å². The molecule has 1 unspecified atom stereocenters. The number of phosphoric ester groups is 1. The Morgan fingerprint density at radius 3 is 1.40 bits per heavy atom. The van der Waals surface area contributed by atoms with Crippen molar-refractivity contribution in [3.8, 4) is 0 Å². The van der Waals surface area contributed by atoms with Crippen LogP contribution in [0.3, 0.4) is 0 Å². The molecule has 0 aromatic carbocycles. The van der Waals surface area contributed by atoms with Gasteiger partial charge in [0.2, 0.25) is 0 Å². The summed E-state index contributed by atoms with van der Waals surface area (Å²) in [4.78, 5) is 34.8. The number of phosphoric acid groups is 1. The van der Waals surface area contributed by atoms with Crippen LogP contribution < -0.4 is 5.73 Å². The highest BCUT2D eigenvalue weighted by Crippen LogP contribution is 2.43. The maximum absolute atomic E-state index is 12.5. The Kier molecular flexibility index (Phi) is 39.4. The number of carbonyl (C=O) groups excluding carboxylic acids is 2. The van der Waals surface area contributed by atoms with Gasteiger partial charge < -0.3 is 20.1 Å². The minimum absolute atomic E-state index is 0.0307. The molecule has 0 saturated carbocycles. The molecule has 3 N–H and O–H groups in total. The highest BCUT2D eigenvalue weighted by Gasteiger charge is 2.25. The molecule has 9 nitrogen and oxygen atoms in total. The van der Waals surface area contributed by atoms with Crippen LogP contribution in [0.1, 0.15) is 129 Å². The number of nitrogens with two attached hydrogens (primary N) is 1. The summed E-state index contributed by atoms with van der Waals surface area (Å²) < 4.78 is 32.6. The summed E-state index contributed by atoms with van der Waals surface area (Å²) in [6.07, 6.45) is 56.7. The molecule has 0 radical (unpaired) electrons. The molecule has 0 amide bonds. The molecule has 0 aliphatic carbocycles. The van der Waals surface area contributed by atoms with E-state index in [0.29, 0.717) is 12.8 Å². The number of rotatable bonds is 37. The Hall–Kier alpha value is -3.59. The topological polar surface area (TPSA) is 134 Å². The van der Waals surface area contributed by atoms with E-state index in [9.17, 15) is 19.0 Å². The van der Waals surface area contributed by atoms with Gasteiger partial charge in [-0.2, -0.15) is 0 Å². The first-order valence-electron chi connectivity index (χ1n) is 21.0. The lowest BCUT2D eigenvalue weighted by molar-refractivity contribution is -0.161. The molecule has 0 spiro atoms. The first kappa shape index (κ1) is 53.4. The van der Waals surface area contributed by atoms with E-state index in [1.807, 2.05) is 12.2 Å². The zero-order valence-corrected chi connectivity index (χ0v) is 35.9. The van der Waals surface area contributed by atoms with Gasteiger partial charge in [0.05, 0.1) is 13.2 Å². The van der Waals surface area contributed by atoms with E-state index in [-0.39, 0.29) is 32.6 Å². The Morgan fingerprint density at radius 2 is 0.947 bits per heavy atom. The van der Waals surface area contributed by atoms with Crippen molar-refractivity contribution in [3.05, 3.63) is 122 Å². The van der Waals surface area contributed by atoms with Crippen LogP contribution in [0.15, 0.2) is 122 Å². The van der Waals surface area contributed by atoms with Gasteiger partial charge in [-0.15, -0.1) is 0 Å². The average Bonchev–Trinajstić information content (AvgIpc) is 3.20. The van der Waals surface area contributed by atoms with Crippen molar-refractivity contribution in [3.63, 3.8) is 0 Å². The van der Waals surface area contributed by atoms with Crippen molar-refractivity contribution >= 4 is 19.8 Å². The standard InChI is InChI=1S/C47H74NO8P/c1-3-5-7-9-11-13-15-17-19-21-22-24-26-28-30-32-34-36-38-40-47(50)56-45(44-55-57(51,52)54-42-41-48)43-53-46(49)39-37-35-33-31-29-27-25-23-20-18-16-14-12-10-8-6-4-2/h5-8,11-14,17-20,22,24-25,27-28,30,34,36,45H,3-4,9-10,15-16,21,23,26,29,31-33,35,37-44,48H2,1-2H3,(H,51,52)/t45-/m1/s1. The van der Waals surface area contributed by atoms with Crippen LogP contribution in [0.2, 0.25) is 0 Å². The van der Waals surface area contributed by atoms with Crippen LogP contribution in [0.4, 0.5) is 0 Å². The van der Waals surface area contributed by atoms with Gasteiger partial charge in [-0.1, -0.05) is 148 Å². The highest BCUT2D eigenvalue weighted by molar-refractivity contribution is 7.47. The van der Waals surface area contributed by atoms with Crippen LogP contribution in [0.25, 0.3) is 0 Å². The lowest BCUT2D eigenvalue weighted by atomic mass is 10.1. The number of hydrogen-bond donors (Lipinski definition) is 2. The van der Waals surface area contributed by atoms with Crippen molar-refractivity contribution in [1.82, 2.24) is 0 Å². The average molecular weight is 812 g/mol. The molecule has 320 valence electrons. The molecule has 0 heterocycles. The van der Waals surface area contributed by atoms with E-state index in [4.69, 9.17) is 24.3 Å². The summed E-state index contributed by atoms with van der Waals surface area (Å²) >= 11 is 0. The van der Waals surface area contributed by atoms with Gasteiger partial charge in [-0.3, -0.25) is 18.6 Å². The Labute approximate surface area is 345 Å². The number of hydrogen-bond acceptors (Lipinski definition) is 8. The number of carbonyl (C=O) groups is 2. The second kappa shape index (κ2) is 42.0. The maximum Gasteiger partial charge on any atom is 0.472 e. The van der Waals surface area contributed by atoms with Gasteiger partial charge in [0.25, 0.3) is 0 Å². The van der Waals surface area contributed by atoms with Crippen molar-refractivity contribution in [2.75, 3.05) is 26.4 Å². The van der Waals surface area contributed by atoms with Crippen molar-refractivity contribution in [2.24, 2.45) is 5.73 Å². The van der Waals surface area contributed by atoms with Gasteiger partial charge >= 0.3 is 19.8 Å². The SMILES string of the molecule is CCC=CCC=CCC=CCC=CCC=CCC=CCCC(=O)O[C@H](COC(=O)CCCCCCC=CCC=CCC=CCC=CCC)COP(=O)(O)OCCN. The quantitative estimate of drug-likeness (QED) is 0.0272. The third-order valence-corrected chi connectivity index (χ3v) is 8.84. The van der Waals surface area contributed by atoms with E-state index in [1.54, 1.807) is 0 Å². The molecule has 57 heavy (non-hydrogen) atoms. The minimum atomic E-state index is -4.41. The molecule has 10 heteroatoms. The molecule has 0 bridgehead atoms. The lowest BCUT2D eigenvalue weighted by Gasteiger charge is -2.19. The molecule has 0 rings (SSSR count). The number of allylic oxidation sites excluding steroid dienone is 20. The monoisotopic (exact) mass is 812 g/mol. The molecule has 2 atom stereocenters. The molecule has 0 aromatic rings. The molecule has 0 aliphatic heterocycles. The van der Waals surface area contributed by atoms with Crippen molar-refractivity contribution in [1.29, 1.82) is 0 Å². The fourth-order valence-electron chi connectivity index (χ4n) is 4.83. The molecular weight excluding hydrogens is 737 g/mol. The summed E-state index contributed by atoms with van der Waals surface area (Å²) in [6.45, 7) is 3.35. The summed E-state index contributed by atoms with van der Waals surface area (Å²) in [5.74, 6) is -0.970. The second-order valence-corrected chi connectivity index (χ2v) is 14.5. The smallest absolute Gasteiger partial charge is 0.462 e. The zero-order chi connectivity index (χ0) is 41.8. The third kappa shape index (κ3) is 41.9. The number of unbranched alkanes of at least 4 members (excludes halogenated alkanes) is 4. The lowest BCUT2D eigenvalue weighted by Crippen LogP contribution is -2.29.